The van der Waals surface area contributed by atoms with Gasteiger partial charge in [0.2, 0.25) is 5.91 Å². The highest BCUT2D eigenvalue weighted by Gasteiger charge is 2.30. The van der Waals surface area contributed by atoms with Crippen LogP contribution in [0.2, 0.25) is 0 Å². The van der Waals surface area contributed by atoms with Crippen LogP contribution in [0.15, 0.2) is 24.3 Å². The molecule has 1 aromatic carbocycles. The molecule has 2 aliphatic heterocycles. The number of carbonyl (C=O) groups excluding carboxylic acids is 1. The van der Waals surface area contributed by atoms with Crippen LogP contribution in [-0.2, 0) is 4.79 Å². The third-order valence-corrected chi connectivity index (χ3v) is 3.47. The van der Waals surface area contributed by atoms with Crippen LogP contribution in [0.25, 0.3) is 11.8 Å². The van der Waals surface area contributed by atoms with E-state index in [4.69, 9.17) is 5.73 Å². The quantitative estimate of drug-likeness (QED) is 0.678. The first-order chi connectivity index (χ1) is 7.75. The Morgan fingerprint density at radius 2 is 2.19 bits per heavy atom. The average molecular weight is 214 g/mol. The van der Waals surface area contributed by atoms with Gasteiger partial charge in [-0.15, -0.1) is 0 Å². The fraction of sp³-hybridized carbons (Fsp3) is 0.308. The summed E-state index contributed by atoms with van der Waals surface area (Å²) in [5.74, 6) is -0.200. The van der Waals surface area contributed by atoms with Crippen molar-refractivity contribution in [1.82, 2.24) is 4.90 Å². The second-order valence-corrected chi connectivity index (χ2v) is 4.45. The van der Waals surface area contributed by atoms with Crippen LogP contribution in [0.1, 0.15) is 6.42 Å². The summed E-state index contributed by atoms with van der Waals surface area (Å²) >= 11 is 0. The van der Waals surface area contributed by atoms with E-state index in [2.05, 4.69) is 23.1 Å². The smallest absolute Gasteiger partial charge is 0.222 e. The minimum atomic E-state index is -0.181. The van der Waals surface area contributed by atoms with Crippen molar-refractivity contribution in [3.8, 4) is 0 Å². The Balaban J connectivity index is 2.15. The van der Waals surface area contributed by atoms with Crippen LogP contribution < -0.4 is 16.2 Å². The number of rotatable bonds is 1. The predicted molar refractivity (Wildman–Crippen MR) is 62.4 cm³/mol. The topological polar surface area (TPSA) is 46.3 Å². The van der Waals surface area contributed by atoms with E-state index < -0.39 is 0 Å². The predicted octanol–water partition coefficient (Wildman–Crippen LogP) is -0.604. The molecule has 1 atom stereocenters. The zero-order valence-electron chi connectivity index (χ0n) is 9.02. The molecule has 2 aliphatic rings. The van der Waals surface area contributed by atoms with E-state index in [1.165, 1.54) is 16.1 Å². The van der Waals surface area contributed by atoms with Gasteiger partial charge in [0, 0.05) is 30.4 Å². The number of fused-ring (bicyclic) bond motifs is 2. The van der Waals surface area contributed by atoms with Crippen LogP contribution in [0.5, 0.6) is 0 Å². The number of primary amides is 1. The van der Waals surface area contributed by atoms with Crippen molar-refractivity contribution >= 4 is 17.7 Å². The highest BCUT2D eigenvalue weighted by atomic mass is 16.1. The Morgan fingerprint density at radius 3 is 3.00 bits per heavy atom. The lowest BCUT2D eigenvalue weighted by molar-refractivity contribution is -0.121. The van der Waals surface area contributed by atoms with Gasteiger partial charge in [0.25, 0.3) is 0 Å². The van der Waals surface area contributed by atoms with Gasteiger partial charge in [-0.1, -0.05) is 30.3 Å². The average Bonchev–Trinajstić information content (AvgIpc) is 2.73. The van der Waals surface area contributed by atoms with Gasteiger partial charge >= 0.3 is 0 Å². The molecule has 0 spiro atoms. The lowest BCUT2D eigenvalue weighted by atomic mass is 10.1. The fourth-order valence-electron chi connectivity index (χ4n) is 2.61. The van der Waals surface area contributed by atoms with E-state index in [1.807, 2.05) is 12.1 Å². The normalized spacial score (nSPS) is 22.4. The molecule has 0 bridgehead atoms. The summed E-state index contributed by atoms with van der Waals surface area (Å²) in [5.41, 5.74) is 6.66. The van der Waals surface area contributed by atoms with Gasteiger partial charge in [0.05, 0.1) is 5.92 Å². The van der Waals surface area contributed by atoms with Gasteiger partial charge in [0.15, 0.2) is 0 Å². The SMILES string of the molecule is NC(=O)C1CC2=c3ccccc3=CCN2C1. The molecule has 1 saturated heterocycles. The van der Waals surface area contributed by atoms with E-state index in [9.17, 15) is 4.79 Å². The van der Waals surface area contributed by atoms with Crippen molar-refractivity contribution in [3.05, 3.63) is 34.7 Å². The molecule has 1 unspecified atom stereocenters. The van der Waals surface area contributed by atoms with Crippen molar-refractivity contribution in [2.45, 2.75) is 6.42 Å². The number of carbonyl (C=O) groups is 1. The molecule has 3 rings (SSSR count). The Morgan fingerprint density at radius 1 is 1.38 bits per heavy atom. The standard InChI is InChI=1S/C13H14N2O/c14-13(16)10-7-12-11-4-2-1-3-9(11)5-6-15(12)8-10/h1-5,10H,6-8H2,(H2,14,16). The number of hydrogen-bond donors (Lipinski definition) is 1. The van der Waals surface area contributed by atoms with E-state index in [0.717, 1.165) is 19.5 Å². The molecular weight excluding hydrogens is 200 g/mol. The second-order valence-electron chi connectivity index (χ2n) is 4.45. The Bertz CT molecular complexity index is 562. The molecule has 0 radical (unpaired) electrons. The molecule has 1 amide bonds. The van der Waals surface area contributed by atoms with E-state index in [1.54, 1.807) is 0 Å². The van der Waals surface area contributed by atoms with Gasteiger partial charge in [0.1, 0.15) is 0 Å². The number of hydrogen-bond acceptors (Lipinski definition) is 2. The van der Waals surface area contributed by atoms with Crippen LogP contribution in [0, 0.1) is 5.92 Å². The molecule has 2 N–H and O–H groups in total. The molecule has 2 heterocycles. The van der Waals surface area contributed by atoms with Crippen LogP contribution in [-0.4, -0.2) is 23.9 Å². The first kappa shape index (κ1) is 9.46. The minimum absolute atomic E-state index is 0.0189. The summed E-state index contributed by atoms with van der Waals surface area (Å²) in [6.45, 7) is 1.67. The maximum atomic E-state index is 11.2. The Hall–Kier alpha value is -1.77. The van der Waals surface area contributed by atoms with Crippen molar-refractivity contribution < 1.29 is 4.79 Å². The fourth-order valence-corrected chi connectivity index (χ4v) is 2.61. The first-order valence-corrected chi connectivity index (χ1v) is 5.58. The lowest BCUT2D eigenvalue weighted by Crippen LogP contribution is -2.37. The molecule has 0 saturated carbocycles. The van der Waals surface area contributed by atoms with Crippen molar-refractivity contribution in [3.63, 3.8) is 0 Å². The highest BCUT2D eigenvalue weighted by molar-refractivity contribution is 5.80. The molecule has 82 valence electrons. The van der Waals surface area contributed by atoms with Crippen molar-refractivity contribution in [1.29, 1.82) is 0 Å². The Labute approximate surface area is 93.9 Å². The summed E-state index contributed by atoms with van der Waals surface area (Å²) in [4.78, 5) is 13.5. The van der Waals surface area contributed by atoms with Crippen molar-refractivity contribution in [2.75, 3.05) is 13.1 Å². The number of benzene rings is 1. The van der Waals surface area contributed by atoms with Gasteiger partial charge in [-0.2, -0.15) is 0 Å². The molecule has 3 nitrogen and oxygen atoms in total. The monoisotopic (exact) mass is 214 g/mol. The van der Waals surface area contributed by atoms with Gasteiger partial charge < -0.3 is 10.6 Å². The van der Waals surface area contributed by atoms with E-state index in [0.29, 0.717) is 0 Å². The molecule has 1 aromatic rings. The molecule has 16 heavy (non-hydrogen) atoms. The van der Waals surface area contributed by atoms with E-state index in [-0.39, 0.29) is 11.8 Å². The second kappa shape index (κ2) is 3.37. The van der Waals surface area contributed by atoms with Gasteiger partial charge in [-0.05, 0) is 5.22 Å². The van der Waals surface area contributed by atoms with Crippen LogP contribution in [0.3, 0.4) is 0 Å². The summed E-state index contributed by atoms with van der Waals surface area (Å²) < 4.78 is 0. The maximum absolute atomic E-state index is 11.2. The van der Waals surface area contributed by atoms with E-state index >= 15 is 0 Å². The van der Waals surface area contributed by atoms with Crippen LogP contribution in [0.4, 0.5) is 0 Å². The summed E-state index contributed by atoms with van der Waals surface area (Å²) in [6.07, 6.45) is 3.00. The zero-order valence-corrected chi connectivity index (χ0v) is 9.02. The van der Waals surface area contributed by atoms with Crippen molar-refractivity contribution in [2.24, 2.45) is 11.7 Å². The third-order valence-electron chi connectivity index (χ3n) is 3.47. The minimum Gasteiger partial charge on any atom is -0.370 e. The highest BCUT2D eigenvalue weighted by Crippen LogP contribution is 2.26. The summed E-state index contributed by atoms with van der Waals surface area (Å²) in [5, 5.41) is 2.54. The lowest BCUT2D eigenvalue weighted by Gasteiger charge is -2.21. The van der Waals surface area contributed by atoms with Gasteiger partial charge in [-0.25, -0.2) is 0 Å². The third kappa shape index (κ3) is 1.32. The molecule has 0 aliphatic carbocycles. The first-order valence-electron chi connectivity index (χ1n) is 5.58. The maximum Gasteiger partial charge on any atom is 0.222 e. The van der Waals surface area contributed by atoms with Crippen LogP contribution >= 0.6 is 0 Å². The molecule has 3 heteroatoms. The molecule has 1 fully saturated rings. The Kier molecular flexibility index (Phi) is 1.99. The molecular formula is C13H14N2O. The number of amides is 1. The number of nitrogens with two attached hydrogens (primary N) is 1. The zero-order chi connectivity index (χ0) is 11.1. The molecule has 0 aromatic heterocycles. The summed E-state index contributed by atoms with van der Waals surface area (Å²) in [7, 11) is 0. The van der Waals surface area contributed by atoms with Gasteiger partial charge in [-0.3, -0.25) is 4.79 Å². The summed E-state index contributed by atoms with van der Waals surface area (Å²) in [6, 6.07) is 8.33. The number of nitrogens with zero attached hydrogens (tertiary/aromatic N) is 1. The largest absolute Gasteiger partial charge is 0.370 e.